The Labute approximate surface area is 116 Å². The van der Waals surface area contributed by atoms with E-state index in [4.69, 9.17) is 10.7 Å². The molecule has 0 bridgehead atoms. The molecule has 0 fully saturated rings. The number of rotatable bonds is 3. The largest absolute Gasteiger partial charge is 0.465 e. The zero-order valence-electron chi connectivity index (χ0n) is 9.05. The van der Waals surface area contributed by atoms with Crippen LogP contribution >= 0.6 is 33.4 Å². The van der Waals surface area contributed by atoms with Crippen LogP contribution in [0, 0.1) is 0 Å². The molecule has 0 saturated carbocycles. The molecule has 2 aromatic rings. The molecule has 0 aliphatic carbocycles. The fraction of sp³-hybridized carbons (Fsp3) is 0.100. The van der Waals surface area contributed by atoms with Crippen LogP contribution in [0.2, 0.25) is 0 Å². The molecule has 18 heavy (non-hydrogen) atoms. The number of carbonyl (C=O) groups excluding carboxylic acids is 1. The van der Waals surface area contributed by atoms with E-state index in [9.17, 15) is 13.2 Å². The van der Waals surface area contributed by atoms with E-state index in [1.807, 2.05) is 5.38 Å². The molecule has 8 heteroatoms. The van der Waals surface area contributed by atoms with E-state index in [-0.39, 0.29) is 9.77 Å². The van der Waals surface area contributed by atoms with Crippen LogP contribution in [0.15, 0.2) is 27.8 Å². The minimum absolute atomic E-state index is 0.00380. The molecule has 0 aliphatic rings. The van der Waals surface area contributed by atoms with Crippen LogP contribution in [0.5, 0.6) is 0 Å². The zero-order valence-corrected chi connectivity index (χ0v) is 12.3. The van der Waals surface area contributed by atoms with E-state index in [1.54, 1.807) is 17.5 Å². The van der Waals surface area contributed by atoms with Gasteiger partial charge < -0.3 is 4.74 Å². The second-order valence-corrected chi connectivity index (χ2v) is 7.54. The lowest BCUT2D eigenvalue weighted by Gasteiger charge is -2.01. The summed E-state index contributed by atoms with van der Waals surface area (Å²) in [4.78, 5) is 12.1. The average Bonchev–Trinajstić information content (AvgIpc) is 2.94. The Morgan fingerprint density at radius 3 is 2.61 bits per heavy atom. The highest BCUT2D eigenvalue weighted by Crippen LogP contribution is 2.39. The highest BCUT2D eigenvalue weighted by molar-refractivity contribution is 8.14. The maximum Gasteiger partial charge on any atom is 0.349 e. The molecule has 0 atom stereocenters. The summed E-state index contributed by atoms with van der Waals surface area (Å²) in [6.07, 6.45) is 0. The summed E-state index contributed by atoms with van der Waals surface area (Å²) in [5.74, 6) is -0.706. The van der Waals surface area contributed by atoms with Crippen LogP contribution < -0.4 is 0 Å². The van der Waals surface area contributed by atoms with Crippen molar-refractivity contribution < 1.29 is 17.9 Å². The van der Waals surface area contributed by atoms with Crippen molar-refractivity contribution >= 4 is 48.4 Å². The van der Waals surface area contributed by atoms with E-state index >= 15 is 0 Å². The van der Waals surface area contributed by atoms with Gasteiger partial charge in [0.1, 0.15) is 9.77 Å². The van der Waals surface area contributed by atoms with Crippen LogP contribution in [-0.2, 0) is 13.8 Å². The van der Waals surface area contributed by atoms with E-state index in [1.165, 1.54) is 18.4 Å². The van der Waals surface area contributed by atoms with Gasteiger partial charge in [0.25, 0.3) is 9.05 Å². The lowest BCUT2D eigenvalue weighted by molar-refractivity contribution is 0.0602. The predicted octanol–water partition coefficient (Wildman–Crippen LogP) is 3.19. The van der Waals surface area contributed by atoms with E-state index in [0.29, 0.717) is 5.56 Å². The van der Waals surface area contributed by atoms with Crippen molar-refractivity contribution in [1.29, 1.82) is 0 Å². The van der Waals surface area contributed by atoms with Gasteiger partial charge in [-0.1, -0.05) is 6.07 Å². The molecule has 2 aromatic heterocycles. The van der Waals surface area contributed by atoms with Gasteiger partial charge in [0, 0.05) is 26.5 Å². The molecule has 0 amide bonds. The topological polar surface area (TPSA) is 60.4 Å². The Kier molecular flexibility index (Phi) is 3.76. The molecule has 0 unspecified atom stereocenters. The smallest absolute Gasteiger partial charge is 0.349 e. The van der Waals surface area contributed by atoms with Crippen molar-refractivity contribution in [3.05, 3.63) is 27.8 Å². The zero-order chi connectivity index (χ0) is 13.3. The van der Waals surface area contributed by atoms with Crippen molar-refractivity contribution in [2.75, 3.05) is 7.11 Å². The Morgan fingerprint density at radius 2 is 2.11 bits per heavy atom. The van der Waals surface area contributed by atoms with E-state index < -0.39 is 15.0 Å². The second-order valence-electron chi connectivity index (χ2n) is 3.21. The molecule has 0 spiro atoms. The van der Waals surface area contributed by atoms with Crippen molar-refractivity contribution in [3.63, 3.8) is 0 Å². The summed E-state index contributed by atoms with van der Waals surface area (Å²) in [6, 6.07) is 3.56. The molecular weight excluding hydrogens is 316 g/mol. The summed E-state index contributed by atoms with van der Waals surface area (Å²) in [5.41, 5.74) is 0.436. The number of carbonyl (C=O) groups is 1. The van der Waals surface area contributed by atoms with Gasteiger partial charge in [-0.2, -0.15) is 0 Å². The molecule has 0 aliphatic heterocycles. The second kappa shape index (κ2) is 5.00. The molecule has 2 rings (SSSR count). The van der Waals surface area contributed by atoms with Gasteiger partial charge in [0.2, 0.25) is 0 Å². The van der Waals surface area contributed by atoms with E-state index in [0.717, 1.165) is 16.2 Å². The minimum atomic E-state index is -4.01. The standard InChI is InChI=1S/C10H7ClO4S3/c1-15-10(12)8-9(18(11,13)14)6(5-17-8)7-3-2-4-16-7/h2-5H,1H3. The quantitative estimate of drug-likeness (QED) is 0.643. The number of halogens is 1. The van der Waals surface area contributed by atoms with Crippen molar-refractivity contribution in [3.8, 4) is 10.4 Å². The van der Waals surface area contributed by atoms with Crippen LogP contribution in [0.25, 0.3) is 10.4 Å². The fourth-order valence-electron chi connectivity index (χ4n) is 1.42. The van der Waals surface area contributed by atoms with Crippen LogP contribution in [0.4, 0.5) is 0 Å². The first-order chi connectivity index (χ1) is 8.45. The van der Waals surface area contributed by atoms with Crippen LogP contribution in [-0.4, -0.2) is 21.5 Å². The van der Waals surface area contributed by atoms with Crippen molar-refractivity contribution in [1.82, 2.24) is 0 Å². The molecule has 0 aromatic carbocycles. The van der Waals surface area contributed by atoms with Gasteiger partial charge in [-0.15, -0.1) is 22.7 Å². The highest BCUT2D eigenvalue weighted by atomic mass is 35.7. The average molecular weight is 323 g/mol. The summed E-state index contributed by atoms with van der Waals surface area (Å²) >= 11 is 2.37. The van der Waals surface area contributed by atoms with Crippen LogP contribution in [0.1, 0.15) is 9.67 Å². The molecule has 4 nitrogen and oxygen atoms in total. The third kappa shape index (κ3) is 2.44. The molecule has 0 radical (unpaired) electrons. The number of esters is 1. The first-order valence-corrected chi connectivity index (χ1v) is 8.70. The number of thiophene rings is 2. The Morgan fingerprint density at radius 1 is 1.39 bits per heavy atom. The third-order valence-corrected chi connectivity index (χ3v) is 5.51. The molecule has 2 heterocycles. The number of hydrogen-bond acceptors (Lipinski definition) is 6. The summed E-state index contributed by atoms with van der Waals surface area (Å²) in [6.45, 7) is 0. The maximum absolute atomic E-state index is 11.6. The third-order valence-electron chi connectivity index (χ3n) is 2.15. The Hall–Kier alpha value is -0.890. The van der Waals surface area contributed by atoms with Crippen molar-refractivity contribution in [2.24, 2.45) is 0 Å². The van der Waals surface area contributed by atoms with Gasteiger partial charge in [-0.3, -0.25) is 0 Å². The lowest BCUT2D eigenvalue weighted by Crippen LogP contribution is -2.04. The first kappa shape index (κ1) is 13.5. The SMILES string of the molecule is COC(=O)c1scc(-c2cccs2)c1S(=O)(=O)Cl. The Balaban J connectivity index is 2.71. The maximum atomic E-state index is 11.6. The van der Waals surface area contributed by atoms with Gasteiger partial charge >= 0.3 is 5.97 Å². The van der Waals surface area contributed by atoms with Crippen molar-refractivity contribution in [2.45, 2.75) is 4.90 Å². The molecular formula is C10H7ClO4S3. The number of methoxy groups -OCH3 is 1. The lowest BCUT2D eigenvalue weighted by atomic mass is 10.2. The molecule has 96 valence electrons. The predicted molar refractivity (Wildman–Crippen MR) is 72.0 cm³/mol. The summed E-state index contributed by atoms with van der Waals surface area (Å²) in [7, 11) is 2.58. The normalized spacial score (nSPS) is 11.4. The van der Waals surface area contributed by atoms with Crippen LogP contribution in [0.3, 0.4) is 0 Å². The van der Waals surface area contributed by atoms with Gasteiger partial charge in [0.05, 0.1) is 7.11 Å². The number of hydrogen-bond donors (Lipinski definition) is 0. The Bertz CT molecular complexity index is 670. The summed E-state index contributed by atoms with van der Waals surface area (Å²) in [5, 5.41) is 3.41. The first-order valence-electron chi connectivity index (χ1n) is 4.63. The van der Waals surface area contributed by atoms with Gasteiger partial charge in [-0.25, -0.2) is 13.2 Å². The van der Waals surface area contributed by atoms with Gasteiger partial charge in [-0.05, 0) is 11.4 Å². The number of ether oxygens (including phenoxy) is 1. The summed E-state index contributed by atoms with van der Waals surface area (Å²) < 4.78 is 27.8. The molecule has 0 saturated heterocycles. The fourth-order valence-corrected chi connectivity index (χ4v) is 5.09. The van der Waals surface area contributed by atoms with E-state index in [2.05, 4.69) is 4.74 Å². The highest BCUT2D eigenvalue weighted by Gasteiger charge is 2.28. The molecule has 0 N–H and O–H groups in total. The van der Waals surface area contributed by atoms with Gasteiger partial charge in [0.15, 0.2) is 0 Å². The minimum Gasteiger partial charge on any atom is -0.465 e. The monoisotopic (exact) mass is 322 g/mol.